The zero-order chi connectivity index (χ0) is 16.9. The van der Waals surface area contributed by atoms with Gasteiger partial charge in [0.25, 0.3) is 0 Å². The summed E-state index contributed by atoms with van der Waals surface area (Å²) in [5.74, 6) is 1.03. The number of halogens is 1. The van der Waals surface area contributed by atoms with Gasteiger partial charge in [0.2, 0.25) is 5.91 Å². The smallest absolute Gasteiger partial charge is 0.225 e. The van der Waals surface area contributed by atoms with Crippen LogP contribution < -0.4 is 5.32 Å². The van der Waals surface area contributed by atoms with E-state index in [1.165, 1.54) is 0 Å². The number of amides is 1. The Morgan fingerprint density at radius 1 is 1.25 bits per heavy atom. The van der Waals surface area contributed by atoms with Crippen molar-refractivity contribution in [3.8, 4) is 11.4 Å². The molecule has 1 atom stereocenters. The molecule has 2 N–H and O–H groups in total. The van der Waals surface area contributed by atoms with Gasteiger partial charge in [0.1, 0.15) is 5.82 Å². The molecule has 122 valence electrons. The molecule has 0 fully saturated rings. The van der Waals surface area contributed by atoms with Crippen LogP contribution in [0.15, 0.2) is 48.8 Å². The molecular formula is C17H16ClN5O. The monoisotopic (exact) mass is 341 g/mol. The normalized spacial score (nSPS) is 11.9. The summed E-state index contributed by atoms with van der Waals surface area (Å²) in [6.45, 7) is 1.85. The van der Waals surface area contributed by atoms with Crippen molar-refractivity contribution in [1.82, 2.24) is 25.5 Å². The summed E-state index contributed by atoms with van der Waals surface area (Å²) in [5, 5.41) is 10.5. The second kappa shape index (κ2) is 7.23. The predicted molar refractivity (Wildman–Crippen MR) is 91.3 cm³/mol. The van der Waals surface area contributed by atoms with Gasteiger partial charge in [-0.2, -0.15) is 5.10 Å². The standard InChI is InChI=1S/C17H16ClN5O/c1-11(20-15(24)10-13-4-2-3-5-14(13)18)16-21-17(23-22-16)12-6-8-19-9-7-12/h2-9,11H,10H2,1H3,(H,20,24)(H,21,22,23)/t11-/m1/s1. The van der Waals surface area contributed by atoms with Crippen molar-refractivity contribution in [3.63, 3.8) is 0 Å². The van der Waals surface area contributed by atoms with E-state index in [2.05, 4.69) is 25.5 Å². The Labute approximate surface area is 144 Å². The number of carbonyl (C=O) groups excluding carboxylic acids is 1. The number of H-pyrrole nitrogens is 1. The summed E-state index contributed by atoms with van der Waals surface area (Å²) in [7, 11) is 0. The summed E-state index contributed by atoms with van der Waals surface area (Å²) in [6.07, 6.45) is 3.58. The fraction of sp³-hybridized carbons (Fsp3) is 0.176. The number of aromatic amines is 1. The van der Waals surface area contributed by atoms with Crippen molar-refractivity contribution in [2.75, 3.05) is 0 Å². The van der Waals surface area contributed by atoms with Crippen LogP contribution in [0.5, 0.6) is 0 Å². The van der Waals surface area contributed by atoms with Crippen molar-refractivity contribution in [2.24, 2.45) is 0 Å². The molecule has 0 saturated carbocycles. The van der Waals surface area contributed by atoms with Crippen LogP contribution in [0.25, 0.3) is 11.4 Å². The molecule has 2 heterocycles. The molecule has 3 rings (SSSR count). The Morgan fingerprint density at radius 3 is 2.75 bits per heavy atom. The summed E-state index contributed by atoms with van der Waals surface area (Å²) < 4.78 is 0. The number of carbonyl (C=O) groups is 1. The first-order valence-corrected chi connectivity index (χ1v) is 7.87. The van der Waals surface area contributed by atoms with Crippen LogP contribution in [0.1, 0.15) is 24.4 Å². The molecule has 0 spiro atoms. The van der Waals surface area contributed by atoms with Crippen LogP contribution in [-0.2, 0) is 11.2 Å². The number of nitrogens with zero attached hydrogens (tertiary/aromatic N) is 3. The largest absolute Gasteiger partial charge is 0.346 e. The SMILES string of the molecule is C[C@@H](NC(=O)Cc1ccccc1Cl)c1nc(-c2ccncc2)n[nH]1. The topological polar surface area (TPSA) is 83.6 Å². The number of rotatable bonds is 5. The van der Waals surface area contributed by atoms with Gasteiger partial charge < -0.3 is 5.32 Å². The molecule has 0 bridgehead atoms. The van der Waals surface area contributed by atoms with E-state index in [4.69, 9.17) is 11.6 Å². The zero-order valence-electron chi connectivity index (χ0n) is 13.0. The lowest BCUT2D eigenvalue weighted by molar-refractivity contribution is -0.121. The lowest BCUT2D eigenvalue weighted by Crippen LogP contribution is -2.28. The Balaban J connectivity index is 1.65. The first-order valence-electron chi connectivity index (χ1n) is 7.49. The van der Waals surface area contributed by atoms with Crippen molar-refractivity contribution in [2.45, 2.75) is 19.4 Å². The molecule has 7 heteroatoms. The average Bonchev–Trinajstić information content (AvgIpc) is 3.08. The molecule has 6 nitrogen and oxygen atoms in total. The van der Waals surface area contributed by atoms with Gasteiger partial charge in [-0.1, -0.05) is 29.8 Å². The fourth-order valence-electron chi connectivity index (χ4n) is 2.27. The number of hydrogen-bond donors (Lipinski definition) is 2. The predicted octanol–water partition coefficient (Wildman–Crippen LogP) is 2.94. The molecule has 3 aromatic rings. The molecule has 1 aromatic carbocycles. The first kappa shape index (κ1) is 16.1. The second-order valence-electron chi connectivity index (χ2n) is 5.34. The van der Waals surface area contributed by atoms with Crippen LogP contribution in [-0.4, -0.2) is 26.1 Å². The maximum atomic E-state index is 12.2. The number of aromatic nitrogens is 4. The molecule has 2 aromatic heterocycles. The fourth-order valence-corrected chi connectivity index (χ4v) is 2.48. The van der Waals surface area contributed by atoms with E-state index in [-0.39, 0.29) is 18.4 Å². The molecular weight excluding hydrogens is 326 g/mol. The van der Waals surface area contributed by atoms with Gasteiger partial charge in [-0.3, -0.25) is 14.9 Å². The Hall–Kier alpha value is -2.73. The lowest BCUT2D eigenvalue weighted by Gasteiger charge is -2.11. The molecule has 0 saturated heterocycles. The number of nitrogens with one attached hydrogen (secondary N) is 2. The highest BCUT2D eigenvalue weighted by molar-refractivity contribution is 6.31. The van der Waals surface area contributed by atoms with E-state index in [9.17, 15) is 4.79 Å². The second-order valence-corrected chi connectivity index (χ2v) is 5.74. The van der Waals surface area contributed by atoms with Gasteiger partial charge in [-0.05, 0) is 30.7 Å². The first-order chi connectivity index (χ1) is 11.6. The number of pyridine rings is 1. The van der Waals surface area contributed by atoms with Gasteiger partial charge in [-0.25, -0.2) is 4.98 Å². The van der Waals surface area contributed by atoms with Crippen LogP contribution in [0.4, 0.5) is 0 Å². The van der Waals surface area contributed by atoms with Gasteiger partial charge in [0.15, 0.2) is 5.82 Å². The van der Waals surface area contributed by atoms with Crippen molar-refractivity contribution >= 4 is 17.5 Å². The van der Waals surface area contributed by atoms with Crippen LogP contribution >= 0.6 is 11.6 Å². The minimum absolute atomic E-state index is 0.127. The Bertz CT molecular complexity index is 834. The lowest BCUT2D eigenvalue weighted by atomic mass is 10.1. The molecule has 24 heavy (non-hydrogen) atoms. The van der Waals surface area contributed by atoms with Crippen molar-refractivity contribution in [3.05, 3.63) is 65.2 Å². The van der Waals surface area contributed by atoms with E-state index < -0.39 is 0 Å². The highest BCUT2D eigenvalue weighted by atomic mass is 35.5. The molecule has 0 aliphatic heterocycles. The summed E-state index contributed by atoms with van der Waals surface area (Å²) in [4.78, 5) is 20.6. The third kappa shape index (κ3) is 3.78. The Kier molecular flexibility index (Phi) is 4.86. The van der Waals surface area contributed by atoms with E-state index in [1.54, 1.807) is 18.5 Å². The van der Waals surface area contributed by atoms with Gasteiger partial charge >= 0.3 is 0 Å². The third-order valence-corrected chi connectivity index (χ3v) is 3.91. The summed E-state index contributed by atoms with van der Waals surface area (Å²) in [6, 6.07) is 10.7. The van der Waals surface area contributed by atoms with Crippen molar-refractivity contribution < 1.29 is 4.79 Å². The van der Waals surface area contributed by atoms with Gasteiger partial charge in [-0.15, -0.1) is 0 Å². The highest BCUT2D eigenvalue weighted by Gasteiger charge is 2.15. The Morgan fingerprint density at radius 2 is 2.00 bits per heavy atom. The average molecular weight is 342 g/mol. The van der Waals surface area contributed by atoms with Gasteiger partial charge in [0, 0.05) is 23.0 Å². The molecule has 0 unspecified atom stereocenters. The third-order valence-electron chi connectivity index (χ3n) is 3.54. The quantitative estimate of drug-likeness (QED) is 0.747. The van der Waals surface area contributed by atoms with Crippen LogP contribution in [0.3, 0.4) is 0 Å². The summed E-state index contributed by atoms with van der Waals surface area (Å²) in [5.41, 5.74) is 1.65. The highest BCUT2D eigenvalue weighted by Crippen LogP contribution is 2.17. The molecule has 1 amide bonds. The van der Waals surface area contributed by atoms with Crippen molar-refractivity contribution in [1.29, 1.82) is 0 Å². The molecule has 0 aliphatic rings. The zero-order valence-corrected chi connectivity index (χ0v) is 13.8. The van der Waals surface area contributed by atoms with Crippen LogP contribution in [0.2, 0.25) is 5.02 Å². The minimum atomic E-state index is -0.289. The molecule has 0 radical (unpaired) electrons. The molecule has 0 aliphatic carbocycles. The summed E-state index contributed by atoms with van der Waals surface area (Å²) >= 11 is 6.08. The number of benzene rings is 1. The maximum absolute atomic E-state index is 12.2. The minimum Gasteiger partial charge on any atom is -0.346 e. The van der Waals surface area contributed by atoms with E-state index >= 15 is 0 Å². The number of hydrogen-bond acceptors (Lipinski definition) is 4. The van der Waals surface area contributed by atoms with E-state index in [1.807, 2.05) is 37.3 Å². The van der Waals surface area contributed by atoms with E-state index in [0.29, 0.717) is 16.7 Å². The van der Waals surface area contributed by atoms with E-state index in [0.717, 1.165) is 11.1 Å². The van der Waals surface area contributed by atoms with Gasteiger partial charge in [0.05, 0.1) is 12.5 Å². The maximum Gasteiger partial charge on any atom is 0.225 e. The van der Waals surface area contributed by atoms with Crippen LogP contribution in [0, 0.1) is 0 Å².